The number of amides is 1. The Labute approximate surface area is 163 Å². The Morgan fingerprint density at radius 2 is 1.85 bits per heavy atom. The van der Waals surface area contributed by atoms with Gasteiger partial charge in [-0.05, 0) is 45.0 Å². The van der Waals surface area contributed by atoms with E-state index in [4.69, 9.17) is 4.74 Å². The lowest BCUT2D eigenvalue weighted by Gasteiger charge is -2.11. The zero-order valence-corrected chi connectivity index (χ0v) is 16.4. The van der Waals surface area contributed by atoms with Gasteiger partial charge in [-0.3, -0.25) is 9.36 Å². The summed E-state index contributed by atoms with van der Waals surface area (Å²) >= 11 is 1.35. The number of aromatic nitrogens is 3. The molecule has 140 valence electrons. The first kappa shape index (κ1) is 19.0. The maximum Gasteiger partial charge on any atom is 0.234 e. The van der Waals surface area contributed by atoms with Crippen molar-refractivity contribution in [2.45, 2.75) is 25.9 Å². The number of hydrogen-bond acceptors (Lipinski definition) is 5. The van der Waals surface area contributed by atoms with Gasteiger partial charge in [-0.2, -0.15) is 0 Å². The number of para-hydroxylation sites is 2. The standard InChI is InChI=1S/C20H22N4O2S/c1-4-26-18-8-6-5-7-17(18)21-19(25)13-27-20-23-22-15(3)24(20)16-11-9-14(2)10-12-16/h5-12H,4,13H2,1-3H3,(H,21,25). The predicted octanol–water partition coefficient (Wildman–Crippen LogP) is 4.01. The molecule has 7 heteroatoms. The van der Waals surface area contributed by atoms with Crippen LogP contribution in [0.25, 0.3) is 5.69 Å². The van der Waals surface area contributed by atoms with E-state index < -0.39 is 0 Å². The van der Waals surface area contributed by atoms with Crippen LogP contribution in [0.15, 0.2) is 53.7 Å². The van der Waals surface area contributed by atoms with Crippen LogP contribution < -0.4 is 10.1 Å². The SMILES string of the molecule is CCOc1ccccc1NC(=O)CSc1nnc(C)n1-c1ccc(C)cc1. The first-order chi connectivity index (χ1) is 13.1. The average molecular weight is 382 g/mol. The van der Waals surface area contributed by atoms with E-state index in [1.807, 2.05) is 73.9 Å². The molecule has 0 spiro atoms. The van der Waals surface area contributed by atoms with E-state index in [0.717, 1.165) is 11.5 Å². The molecular formula is C20H22N4O2S. The first-order valence-electron chi connectivity index (χ1n) is 8.72. The molecule has 1 heterocycles. The summed E-state index contributed by atoms with van der Waals surface area (Å²) in [6.45, 7) is 6.40. The number of nitrogens with one attached hydrogen (secondary N) is 1. The van der Waals surface area contributed by atoms with Crippen molar-refractivity contribution in [3.05, 3.63) is 59.9 Å². The molecule has 1 N–H and O–H groups in total. The molecule has 1 aromatic heterocycles. The molecule has 0 saturated carbocycles. The van der Waals surface area contributed by atoms with Gasteiger partial charge in [0.2, 0.25) is 5.91 Å². The number of carbonyl (C=O) groups excluding carboxylic acids is 1. The lowest BCUT2D eigenvalue weighted by atomic mass is 10.2. The Kier molecular flexibility index (Phi) is 6.13. The van der Waals surface area contributed by atoms with Crippen LogP contribution in [0.4, 0.5) is 5.69 Å². The zero-order valence-electron chi connectivity index (χ0n) is 15.6. The van der Waals surface area contributed by atoms with Crippen molar-refractivity contribution in [2.75, 3.05) is 17.7 Å². The fraction of sp³-hybridized carbons (Fsp3) is 0.250. The van der Waals surface area contributed by atoms with Crippen LogP contribution in [0.2, 0.25) is 0 Å². The van der Waals surface area contributed by atoms with Crippen LogP contribution >= 0.6 is 11.8 Å². The largest absolute Gasteiger partial charge is 0.492 e. The van der Waals surface area contributed by atoms with E-state index in [0.29, 0.717) is 23.2 Å². The molecule has 0 saturated heterocycles. The molecule has 6 nitrogen and oxygen atoms in total. The number of ether oxygens (including phenoxy) is 1. The van der Waals surface area contributed by atoms with E-state index in [9.17, 15) is 4.79 Å². The second-order valence-corrected chi connectivity index (χ2v) is 6.91. The summed E-state index contributed by atoms with van der Waals surface area (Å²) in [5, 5.41) is 11.9. The molecule has 0 aliphatic carbocycles. The first-order valence-corrected chi connectivity index (χ1v) is 9.70. The number of aryl methyl sites for hydroxylation is 2. The van der Waals surface area contributed by atoms with Gasteiger partial charge in [0.05, 0.1) is 18.0 Å². The van der Waals surface area contributed by atoms with Gasteiger partial charge in [0.15, 0.2) is 5.16 Å². The number of anilines is 1. The van der Waals surface area contributed by atoms with Crippen LogP contribution in [0.1, 0.15) is 18.3 Å². The van der Waals surface area contributed by atoms with Crippen molar-refractivity contribution < 1.29 is 9.53 Å². The third-order valence-electron chi connectivity index (χ3n) is 3.88. The summed E-state index contributed by atoms with van der Waals surface area (Å²) < 4.78 is 7.49. The van der Waals surface area contributed by atoms with Crippen LogP contribution in [0.5, 0.6) is 5.75 Å². The summed E-state index contributed by atoms with van der Waals surface area (Å²) in [6, 6.07) is 15.5. The van der Waals surface area contributed by atoms with Gasteiger partial charge in [0.25, 0.3) is 0 Å². The van der Waals surface area contributed by atoms with Gasteiger partial charge < -0.3 is 10.1 Å². The number of carbonyl (C=O) groups is 1. The van der Waals surface area contributed by atoms with E-state index in [-0.39, 0.29) is 11.7 Å². The summed E-state index contributed by atoms with van der Waals surface area (Å²) in [4.78, 5) is 12.4. The van der Waals surface area contributed by atoms with Crippen molar-refractivity contribution in [3.63, 3.8) is 0 Å². The minimum absolute atomic E-state index is 0.122. The lowest BCUT2D eigenvalue weighted by Crippen LogP contribution is -2.15. The average Bonchev–Trinajstić information content (AvgIpc) is 3.03. The number of nitrogens with zero attached hydrogens (tertiary/aromatic N) is 3. The van der Waals surface area contributed by atoms with Crippen LogP contribution in [-0.4, -0.2) is 33.0 Å². The zero-order chi connectivity index (χ0) is 19.2. The number of benzene rings is 2. The quantitative estimate of drug-likeness (QED) is 0.625. The summed E-state index contributed by atoms with van der Waals surface area (Å²) in [7, 11) is 0. The van der Waals surface area contributed by atoms with E-state index in [2.05, 4.69) is 15.5 Å². The van der Waals surface area contributed by atoms with Crippen LogP contribution in [0, 0.1) is 13.8 Å². The highest BCUT2D eigenvalue weighted by Gasteiger charge is 2.14. The van der Waals surface area contributed by atoms with Gasteiger partial charge in [0, 0.05) is 5.69 Å². The molecule has 0 bridgehead atoms. The molecule has 0 radical (unpaired) electrons. The van der Waals surface area contributed by atoms with Crippen molar-refractivity contribution in [3.8, 4) is 11.4 Å². The predicted molar refractivity (Wildman–Crippen MR) is 108 cm³/mol. The lowest BCUT2D eigenvalue weighted by molar-refractivity contribution is -0.113. The molecule has 0 atom stereocenters. The van der Waals surface area contributed by atoms with Gasteiger partial charge in [-0.15, -0.1) is 10.2 Å². The molecule has 2 aromatic carbocycles. The Morgan fingerprint density at radius 1 is 1.11 bits per heavy atom. The minimum Gasteiger partial charge on any atom is -0.492 e. The normalized spacial score (nSPS) is 10.6. The van der Waals surface area contributed by atoms with Crippen molar-refractivity contribution >= 4 is 23.4 Å². The monoisotopic (exact) mass is 382 g/mol. The molecule has 0 fully saturated rings. The van der Waals surface area contributed by atoms with Crippen molar-refractivity contribution in [2.24, 2.45) is 0 Å². The van der Waals surface area contributed by atoms with Crippen molar-refractivity contribution in [1.29, 1.82) is 0 Å². The third-order valence-corrected chi connectivity index (χ3v) is 4.81. The smallest absolute Gasteiger partial charge is 0.234 e. The molecule has 0 aliphatic heterocycles. The number of thioether (sulfide) groups is 1. The highest BCUT2D eigenvalue weighted by atomic mass is 32.2. The Bertz CT molecular complexity index is 922. The maximum atomic E-state index is 12.4. The van der Waals surface area contributed by atoms with E-state index in [1.165, 1.54) is 17.3 Å². The molecule has 0 unspecified atom stereocenters. The molecular weight excluding hydrogens is 360 g/mol. The highest BCUT2D eigenvalue weighted by Crippen LogP contribution is 2.25. The highest BCUT2D eigenvalue weighted by molar-refractivity contribution is 7.99. The van der Waals surface area contributed by atoms with Gasteiger partial charge >= 0.3 is 0 Å². The molecule has 3 rings (SSSR count). The number of rotatable bonds is 7. The summed E-state index contributed by atoms with van der Waals surface area (Å²) in [5.74, 6) is 1.55. The third kappa shape index (κ3) is 4.68. The van der Waals surface area contributed by atoms with Crippen molar-refractivity contribution in [1.82, 2.24) is 14.8 Å². The Balaban J connectivity index is 1.69. The molecule has 3 aromatic rings. The summed E-state index contributed by atoms with van der Waals surface area (Å²) in [6.07, 6.45) is 0. The van der Waals surface area contributed by atoms with E-state index >= 15 is 0 Å². The molecule has 1 amide bonds. The molecule has 27 heavy (non-hydrogen) atoms. The Hall–Kier alpha value is -2.80. The maximum absolute atomic E-state index is 12.4. The molecule has 0 aliphatic rings. The Morgan fingerprint density at radius 3 is 2.59 bits per heavy atom. The number of hydrogen-bond donors (Lipinski definition) is 1. The van der Waals surface area contributed by atoms with Gasteiger partial charge in [-0.25, -0.2) is 0 Å². The van der Waals surface area contributed by atoms with Gasteiger partial charge in [0.1, 0.15) is 11.6 Å². The van der Waals surface area contributed by atoms with Crippen LogP contribution in [0.3, 0.4) is 0 Å². The topological polar surface area (TPSA) is 69.0 Å². The summed E-state index contributed by atoms with van der Waals surface area (Å²) in [5.41, 5.74) is 2.83. The van der Waals surface area contributed by atoms with Gasteiger partial charge in [-0.1, -0.05) is 41.6 Å². The minimum atomic E-state index is -0.122. The van der Waals surface area contributed by atoms with E-state index in [1.54, 1.807) is 0 Å². The van der Waals surface area contributed by atoms with Crippen LogP contribution in [-0.2, 0) is 4.79 Å². The fourth-order valence-corrected chi connectivity index (χ4v) is 3.39. The fourth-order valence-electron chi connectivity index (χ4n) is 2.60. The second kappa shape index (κ2) is 8.73. The second-order valence-electron chi connectivity index (χ2n) is 5.97.